The molecule has 0 bridgehead atoms. The van der Waals surface area contributed by atoms with E-state index >= 15 is 0 Å². The number of hydrogen-bond donors (Lipinski definition) is 4. The molecule has 58 heavy (non-hydrogen) atoms. The Balaban J connectivity index is 0.884. The van der Waals surface area contributed by atoms with Crippen LogP contribution in [0.2, 0.25) is 0 Å². The average molecular weight is 785 g/mol. The molecule has 0 radical (unpaired) electrons. The van der Waals surface area contributed by atoms with Gasteiger partial charge in [-0.2, -0.15) is 4.98 Å². The van der Waals surface area contributed by atoms with Gasteiger partial charge in [-0.25, -0.2) is 19.3 Å². The lowest BCUT2D eigenvalue weighted by molar-refractivity contribution is -0.136. The molecule has 6 heterocycles. The van der Waals surface area contributed by atoms with Gasteiger partial charge < -0.3 is 15.7 Å². The molecule has 1 unspecified atom stereocenters. The summed E-state index contributed by atoms with van der Waals surface area (Å²) in [5.41, 5.74) is 3.90. The first-order valence-electron chi connectivity index (χ1n) is 19.4. The summed E-state index contributed by atoms with van der Waals surface area (Å²) in [4.78, 5) is 80.9. The van der Waals surface area contributed by atoms with E-state index in [1.54, 1.807) is 61.0 Å². The van der Waals surface area contributed by atoms with Gasteiger partial charge >= 0.3 is 0 Å². The van der Waals surface area contributed by atoms with Crippen LogP contribution < -0.4 is 21.5 Å². The molecule has 3 aliphatic heterocycles. The highest BCUT2D eigenvalue weighted by Gasteiger charge is 2.44. The van der Waals surface area contributed by atoms with Gasteiger partial charge in [-0.15, -0.1) is 6.58 Å². The van der Waals surface area contributed by atoms with Crippen LogP contribution in [0.15, 0.2) is 78.2 Å². The molecule has 0 spiro atoms. The second kappa shape index (κ2) is 15.4. The number of imide groups is 2. The Morgan fingerprint density at radius 2 is 1.76 bits per heavy atom. The van der Waals surface area contributed by atoms with Crippen LogP contribution in [-0.2, 0) is 34.7 Å². The highest BCUT2D eigenvalue weighted by Crippen LogP contribution is 2.30. The lowest BCUT2D eigenvalue weighted by Crippen LogP contribution is -2.54. The molecule has 0 aliphatic carbocycles. The largest absolute Gasteiger partial charge is 0.385 e. The van der Waals surface area contributed by atoms with E-state index in [9.17, 15) is 29.1 Å². The quantitative estimate of drug-likeness (QED) is 0.0768. The Bertz CT molecular complexity index is 2550. The number of amides is 4. The van der Waals surface area contributed by atoms with E-state index in [2.05, 4.69) is 49.5 Å². The molecule has 16 nitrogen and oxygen atoms in total. The second-order valence-corrected chi connectivity index (χ2v) is 15.3. The third-order valence-corrected chi connectivity index (χ3v) is 10.8. The fourth-order valence-electron chi connectivity index (χ4n) is 7.78. The van der Waals surface area contributed by atoms with Crippen LogP contribution in [-0.4, -0.2) is 88.5 Å². The van der Waals surface area contributed by atoms with Gasteiger partial charge in [0.2, 0.25) is 17.8 Å². The molecule has 5 aromatic rings. The summed E-state index contributed by atoms with van der Waals surface area (Å²) in [6.07, 6.45) is 6.09. The first-order valence-corrected chi connectivity index (χ1v) is 19.4. The van der Waals surface area contributed by atoms with Crippen molar-refractivity contribution in [2.45, 2.75) is 70.7 Å². The molecule has 1 saturated heterocycles. The van der Waals surface area contributed by atoms with E-state index in [0.29, 0.717) is 40.7 Å². The van der Waals surface area contributed by atoms with E-state index in [1.807, 2.05) is 6.07 Å². The molecule has 8 rings (SSSR count). The molecule has 1 atom stereocenters. The van der Waals surface area contributed by atoms with E-state index < -0.39 is 35.3 Å². The van der Waals surface area contributed by atoms with Crippen LogP contribution in [0, 0.1) is 0 Å². The number of hydrogen-bond acceptors (Lipinski definition) is 12. The van der Waals surface area contributed by atoms with E-state index in [1.165, 1.54) is 22.0 Å². The van der Waals surface area contributed by atoms with Gasteiger partial charge in [0.25, 0.3) is 17.4 Å². The maximum atomic E-state index is 13.4. The van der Waals surface area contributed by atoms with Crippen molar-refractivity contribution >= 4 is 52.0 Å². The zero-order valence-electron chi connectivity index (χ0n) is 32.3. The minimum Gasteiger partial charge on any atom is -0.385 e. The van der Waals surface area contributed by atoms with Crippen LogP contribution in [0.1, 0.15) is 77.1 Å². The van der Waals surface area contributed by atoms with Gasteiger partial charge in [-0.3, -0.25) is 39.1 Å². The van der Waals surface area contributed by atoms with Crippen LogP contribution in [0.4, 0.5) is 17.3 Å². The Morgan fingerprint density at radius 1 is 0.948 bits per heavy atom. The maximum absolute atomic E-state index is 13.4. The van der Waals surface area contributed by atoms with Gasteiger partial charge in [-0.1, -0.05) is 18.2 Å². The summed E-state index contributed by atoms with van der Waals surface area (Å²) in [6.45, 7) is 10.7. The van der Waals surface area contributed by atoms with Crippen molar-refractivity contribution in [2.24, 2.45) is 0 Å². The predicted molar refractivity (Wildman–Crippen MR) is 216 cm³/mol. The number of rotatable bonds is 13. The topological polar surface area (TPSA) is 197 Å². The number of piperidine rings is 1. The fraction of sp³-hybridized carbons (Fsp3) is 0.333. The van der Waals surface area contributed by atoms with Crippen molar-refractivity contribution in [1.82, 2.24) is 39.4 Å². The summed E-state index contributed by atoms with van der Waals surface area (Å²) >= 11 is 0. The molecule has 3 aromatic heterocycles. The number of nitrogens with zero attached hydrogens (tertiary/aromatic N) is 7. The van der Waals surface area contributed by atoms with Gasteiger partial charge in [0.1, 0.15) is 17.0 Å². The monoisotopic (exact) mass is 784 g/mol. The van der Waals surface area contributed by atoms with Gasteiger partial charge in [-0.05, 0) is 99.7 Å². The number of aromatic nitrogens is 5. The van der Waals surface area contributed by atoms with E-state index in [-0.39, 0.29) is 36.1 Å². The Labute approximate surface area is 333 Å². The van der Waals surface area contributed by atoms with Crippen LogP contribution in [0.5, 0.6) is 0 Å². The average Bonchev–Trinajstić information content (AvgIpc) is 3.61. The molecule has 16 heteroatoms. The summed E-state index contributed by atoms with van der Waals surface area (Å²) in [6, 6.07) is 15.6. The molecular formula is C42H44N10O6. The lowest BCUT2D eigenvalue weighted by atomic mass is 9.99. The van der Waals surface area contributed by atoms with E-state index in [0.717, 1.165) is 49.5 Å². The maximum Gasteiger partial charge on any atom is 0.278 e. The Morgan fingerprint density at radius 3 is 2.55 bits per heavy atom. The normalized spacial score (nSPS) is 17.0. The number of fused-ring (bicyclic) bond motifs is 3. The molecule has 4 amide bonds. The first kappa shape index (κ1) is 38.4. The van der Waals surface area contributed by atoms with Gasteiger partial charge in [0, 0.05) is 43.6 Å². The van der Waals surface area contributed by atoms with Crippen molar-refractivity contribution in [2.75, 3.05) is 30.3 Å². The van der Waals surface area contributed by atoms with Crippen molar-refractivity contribution in [3.63, 3.8) is 0 Å². The van der Waals surface area contributed by atoms with Gasteiger partial charge in [0.05, 0.1) is 23.4 Å². The number of aliphatic hydroxyl groups is 1. The van der Waals surface area contributed by atoms with Crippen molar-refractivity contribution < 1.29 is 24.3 Å². The number of benzene rings is 2. The van der Waals surface area contributed by atoms with Crippen LogP contribution >= 0.6 is 0 Å². The minimum absolute atomic E-state index is 0.0755. The molecule has 2 aromatic carbocycles. The molecule has 4 N–H and O–H groups in total. The predicted octanol–water partition coefficient (Wildman–Crippen LogP) is 3.79. The number of carbonyl (C=O) groups excluding carboxylic acids is 4. The second-order valence-electron chi connectivity index (χ2n) is 15.3. The Hall–Kier alpha value is -6.52. The molecule has 3 aliphatic rings. The summed E-state index contributed by atoms with van der Waals surface area (Å²) in [5.74, 6) is -1.33. The number of pyridine rings is 1. The third-order valence-electron chi connectivity index (χ3n) is 10.8. The van der Waals surface area contributed by atoms with Crippen LogP contribution in [0.25, 0.3) is 16.9 Å². The number of unbranched alkanes of at least 4 members (excludes halogenated alkanes) is 1. The Kier molecular flexibility index (Phi) is 10.2. The molecule has 1 fully saturated rings. The van der Waals surface area contributed by atoms with Gasteiger partial charge in [0.15, 0.2) is 11.5 Å². The van der Waals surface area contributed by atoms with Crippen LogP contribution in [0.3, 0.4) is 0 Å². The first-order chi connectivity index (χ1) is 27.9. The SMILES string of the molecule is C=CCn1c(=O)c2cnc(Nc3ccc4c(c3)CN(CCCCNc3ccc5c(c3)C(=O)N(C3CCC(=O)NC3=O)C5=O)CC4)nc2n1-c1cccc(C(C)(C)O)n1. The summed E-state index contributed by atoms with van der Waals surface area (Å²) in [7, 11) is 0. The number of allylic oxidation sites excluding steroid dienone is 1. The summed E-state index contributed by atoms with van der Waals surface area (Å²) in [5, 5.41) is 19.9. The van der Waals surface area contributed by atoms with Crippen molar-refractivity contribution in [3.8, 4) is 5.82 Å². The zero-order chi connectivity index (χ0) is 40.7. The molecule has 298 valence electrons. The fourth-order valence-corrected chi connectivity index (χ4v) is 7.78. The minimum atomic E-state index is -1.19. The number of nitrogens with one attached hydrogen (secondary N) is 3. The highest BCUT2D eigenvalue weighted by molar-refractivity contribution is 6.23. The number of anilines is 3. The van der Waals surface area contributed by atoms with Crippen molar-refractivity contribution in [1.29, 1.82) is 0 Å². The molecule has 0 saturated carbocycles. The number of carbonyl (C=O) groups is 4. The standard InChI is InChI=1S/C42H44N10O6/c1-4-18-50-38(55)31-23-44-41(48-36(31)52(50)34-9-7-8-33(46-34)42(2,3)58)45-28-11-10-25-16-20-49(24-26(25)21-28)19-6-5-17-43-27-12-13-29-30(22-27)40(57)51(39(29)56)32-14-15-35(53)47-37(32)54/h4,7-13,21-23,32,43,58H,1,5-6,14-20,24H2,2-3H3,(H,44,45,48)(H,47,53,54). The zero-order valence-corrected chi connectivity index (χ0v) is 32.3. The highest BCUT2D eigenvalue weighted by atomic mass is 16.3. The third kappa shape index (κ3) is 7.39. The van der Waals surface area contributed by atoms with E-state index in [4.69, 9.17) is 4.98 Å². The lowest BCUT2D eigenvalue weighted by Gasteiger charge is -2.29. The van der Waals surface area contributed by atoms with Crippen molar-refractivity contribution in [3.05, 3.63) is 112 Å². The molecular weight excluding hydrogens is 741 g/mol. The smallest absolute Gasteiger partial charge is 0.278 e. The summed E-state index contributed by atoms with van der Waals surface area (Å²) < 4.78 is 3.13.